The van der Waals surface area contributed by atoms with Gasteiger partial charge in [-0.3, -0.25) is 9.59 Å². The van der Waals surface area contributed by atoms with Crippen LogP contribution in [0.4, 0.5) is 5.69 Å². The number of nitrogens with zero attached hydrogens (tertiary/aromatic N) is 2. The highest BCUT2D eigenvalue weighted by Gasteiger charge is 2.30. The average molecular weight is 604 g/mol. The topological polar surface area (TPSA) is 88.1 Å². The van der Waals surface area contributed by atoms with Crippen LogP contribution in [0.1, 0.15) is 46.8 Å². The smallest absolute Gasteiger partial charge is 0.274 e. The van der Waals surface area contributed by atoms with E-state index in [-0.39, 0.29) is 23.2 Å². The zero-order valence-corrected chi connectivity index (χ0v) is 21.5. The first-order valence-corrected chi connectivity index (χ1v) is 12.2. The Morgan fingerprint density at radius 1 is 1.22 bits per heavy atom. The fraction of sp³-hybridized carbons (Fsp3) is 0.286. The lowest BCUT2D eigenvalue weighted by Gasteiger charge is -2.22. The van der Waals surface area contributed by atoms with E-state index < -0.39 is 12.1 Å². The molecular formula is C21H19Br2Cl2N5O2. The van der Waals surface area contributed by atoms with Crippen LogP contribution >= 0.6 is 55.1 Å². The van der Waals surface area contributed by atoms with E-state index in [4.69, 9.17) is 23.2 Å². The second-order valence-electron chi connectivity index (χ2n) is 7.64. The molecule has 2 aromatic rings. The van der Waals surface area contributed by atoms with Crippen molar-refractivity contribution in [2.45, 2.75) is 32.0 Å². The van der Waals surface area contributed by atoms with Crippen molar-refractivity contribution in [2.24, 2.45) is 5.92 Å². The number of allylic oxidation sites excluding steroid dienone is 2. The van der Waals surface area contributed by atoms with Crippen molar-refractivity contribution < 1.29 is 9.59 Å². The number of benzene rings is 1. The van der Waals surface area contributed by atoms with E-state index in [0.717, 1.165) is 12.8 Å². The Hall–Kier alpha value is -1.81. The number of hydrogen-bond acceptors (Lipinski definition) is 4. The molecule has 1 aromatic carbocycles. The van der Waals surface area contributed by atoms with E-state index in [0.29, 0.717) is 30.7 Å². The first-order valence-electron chi connectivity index (χ1n) is 9.89. The van der Waals surface area contributed by atoms with Crippen molar-refractivity contribution in [1.29, 1.82) is 0 Å². The summed E-state index contributed by atoms with van der Waals surface area (Å²) in [6.07, 6.45) is 6.86. The zero-order valence-electron chi connectivity index (χ0n) is 16.8. The third-order valence-electron chi connectivity index (χ3n) is 5.28. The molecule has 0 radical (unpaired) electrons. The first-order chi connectivity index (χ1) is 15.2. The number of anilines is 1. The highest BCUT2D eigenvalue weighted by Crippen LogP contribution is 2.34. The molecule has 1 saturated carbocycles. The van der Waals surface area contributed by atoms with E-state index in [2.05, 4.69) is 52.9 Å². The second-order valence-corrected chi connectivity index (χ2v) is 10.2. The summed E-state index contributed by atoms with van der Waals surface area (Å²) in [6, 6.07) is 4.79. The third-order valence-corrected chi connectivity index (χ3v) is 6.84. The molecule has 4 rings (SSSR count). The fourth-order valence-electron chi connectivity index (χ4n) is 3.43. The summed E-state index contributed by atoms with van der Waals surface area (Å²) in [7, 11) is 0. The van der Waals surface area contributed by atoms with Crippen molar-refractivity contribution in [3.05, 3.63) is 66.9 Å². The number of halogens is 4. The molecule has 2 heterocycles. The van der Waals surface area contributed by atoms with Gasteiger partial charge in [0.1, 0.15) is 10.3 Å². The molecule has 1 fully saturated rings. The Labute approximate surface area is 211 Å². The predicted molar refractivity (Wildman–Crippen MR) is 132 cm³/mol. The summed E-state index contributed by atoms with van der Waals surface area (Å²) >= 11 is 19.3. The van der Waals surface area contributed by atoms with Crippen LogP contribution in [0.25, 0.3) is 0 Å². The van der Waals surface area contributed by atoms with Crippen molar-refractivity contribution in [2.75, 3.05) is 5.32 Å². The molecule has 0 spiro atoms. The monoisotopic (exact) mass is 601 g/mol. The highest BCUT2D eigenvalue weighted by atomic mass is 79.9. The van der Waals surface area contributed by atoms with E-state index in [1.165, 1.54) is 10.7 Å². The number of carbonyl (C=O) groups is 2. The first kappa shape index (κ1) is 23.4. The molecule has 0 saturated heterocycles. The van der Waals surface area contributed by atoms with Crippen molar-refractivity contribution in [1.82, 2.24) is 20.4 Å². The maximum Gasteiger partial charge on any atom is 0.274 e. The molecular weight excluding hydrogens is 585 g/mol. The molecule has 168 valence electrons. The highest BCUT2D eigenvalue weighted by molar-refractivity contribution is 9.10. The van der Waals surface area contributed by atoms with Crippen LogP contribution in [-0.4, -0.2) is 27.6 Å². The van der Waals surface area contributed by atoms with Gasteiger partial charge in [-0.1, -0.05) is 23.2 Å². The van der Waals surface area contributed by atoms with Gasteiger partial charge in [-0.05, 0) is 88.0 Å². The molecule has 32 heavy (non-hydrogen) atoms. The average Bonchev–Trinajstić information content (AvgIpc) is 3.52. The Bertz CT molecular complexity index is 1140. The lowest BCUT2D eigenvalue weighted by atomic mass is 10.1. The van der Waals surface area contributed by atoms with Crippen molar-refractivity contribution in [3.8, 4) is 0 Å². The van der Waals surface area contributed by atoms with E-state index in [1.54, 1.807) is 30.5 Å². The maximum atomic E-state index is 13.3. The SMILES string of the molecule is CC(NC(=O)c1cc(Cl)cc(Br)c1NC(=O)c1cc(Br)nn1C1NC=CC=C1Cl)C1CC1. The van der Waals surface area contributed by atoms with Crippen molar-refractivity contribution in [3.63, 3.8) is 0 Å². The van der Waals surface area contributed by atoms with Gasteiger partial charge in [0.25, 0.3) is 11.8 Å². The van der Waals surface area contributed by atoms with Crippen LogP contribution in [0.5, 0.6) is 0 Å². The zero-order chi connectivity index (χ0) is 23.0. The van der Waals surface area contributed by atoms with E-state index >= 15 is 0 Å². The fourth-order valence-corrected chi connectivity index (χ4v) is 4.96. The summed E-state index contributed by atoms with van der Waals surface area (Å²) in [5.74, 6) is -0.278. The molecule has 1 aromatic heterocycles. The van der Waals surface area contributed by atoms with Gasteiger partial charge in [-0.15, -0.1) is 0 Å². The number of dihydropyridines is 1. The summed E-state index contributed by atoms with van der Waals surface area (Å²) in [5.41, 5.74) is 0.838. The van der Waals surface area contributed by atoms with Gasteiger partial charge in [-0.2, -0.15) is 5.10 Å². The van der Waals surface area contributed by atoms with Crippen LogP contribution in [-0.2, 0) is 0 Å². The minimum absolute atomic E-state index is 0.0422. The lowest BCUT2D eigenvalue weighted by Crippen LogP contribution is -2.35. The maximum absolute atomic E-state index is 13.3. The quantitative estimate of drug-likeness (QED) is 0.402. The molecule has 11 heteroatoms. The Balaban J connectivity index is 1.63. The van der Waals surface area contributed by atoms with Crippen LogP contribution in [0, 0.1) is 5.92 Å². The molecule has 2 aliphatic rings. The summed E-state index contributed by atoms with van der Waals surface area (Å²) in [4.78, 5) is 26.2. The Kier molecular flexibility index (Phi) is 7.00. The number of rotatable bonds is 6. The standard InChI is InChI=1S/C21H19Br2Cl2N5O2/c1-10(11-4-5-11)27-20(31)13-7-12(24)8-14(22)18(13)28-21(32)16-9-17(23)29-30(16)19-15(25)3-2-6-26-19/h2-3,6-11,19,26H,4-5H2,1H3,(H,27,31)(H,28,32). The Morgan fingerprint density at radius 3 is 2.66 bits per heavy atom. The van der Waals surface area contributed by atoms with Crippen LogP contribution in [0.15, 0.2) is 50.7 Å². The van der Waals surface area contributed by atoms with E-state index in [1.807, 2.05) is 6.92 Å². The second kappa shape index (κ2) is 9.59. The molecule has 2 unspecified atom stereocenters. The summed E-state index contributed by atoms with van der Waals surface area (Å²) in [6.45, 7) is 1.98. The molecule has 1 aliphatic heterocycles. The predicted octanol–water partition coefficient (Wildman–Crippen LogP) is 5.58. The third kappa shape index (κ3) is 5.06. The number of aromatic nitrogens is 2. The number of nitrogens with one attached hydrogen (secondary N) is 3. The molecule has 3 N–H and O–H groups in total. The summed E-state index contributed by atoms with van der Waals surface area (Å²) in [5, 5.41) is 14.1. The molecule has 2 amide bonds. The van der Waals surface area contributed by atoms with Gasteiger partial charge in [0.15, 0.2) is 6.17 Å². The number of amides is 2. The van der Waals surface area contributed by atoms with Gasteiger partial charge < -0.3 is 16.0 Å². The largest absolute Gasteiger partial charge is 0.365 e. The van der Waals surface area contributed by atoms with Crippen LogP contribution < -0.4 is 16.0 Å². The van der Waals surface area contributed by atoms with Gasteiger partial charge in [-0.25, -0.2) is 4.68 Å². The summed E-state index contributed by atoms with van der Waals surface area (Å²) < 4.78 is 2.43. The van der Waals surface area contributed by atoms with Crippen molar-refractivity contribution >= 4 is 72.6 Å². The van der Waals surface area contributed by atoms with Crippen LogP contribution in [0.2, 0.25) is 5.02 Å². The van der Waals surface area contributed by atoms with Crippen LogP contribution in [0.3, 0.4) is 0 Å². The lowest BCUT2D eigenvalue weighted by molar-refractivity contribution is 0.0936. The van der Waals surface area contributed by atoms with E-state index in [9.17, 15) is 9.59 Å². The number of carbonyl (C=O) groups excluding carboxylic acids is 2. The Morgan fingerprint density at radius 2 is 1.97 bits per heavy atom. The van der Waals surface area contributed by atoms with Gasteiger partial charge in [0.05, 0.1) is 16.3 Å². The van der Waals surface area contributed by atoms with Gasteiger partial charge in [0, 0.05) is 21.6 Å². The molecule has 2 atom stereocenters. The normalized spacial score (nSPS) is 18.5. The van der Waals surface area contributed by atoms with Gasteiger partial charge in [0.2, 0.25) is 0 Å². The number of hydrogen-bond donors (Lipinski definition) is 3. The minimum atomic E-state index is -0.537. The minimum Gasteiger partial charge on any atom is -0.365 e. The molecule has 0 bridgehead atoms. The molecule has 1 aliphatic carbocycles. The van der Waals surface area contributed by atoms with Gasteiger partial charge >= 0.3 is 0 Å². The molecule has 7 nitrogen and oxygen atoms in total.